The fourth-order valence-corrected chi connectivity index (χ4v) is 5.06. The Kier molecular flexibility index (Phi) is 6.05. The van der Waals surface area contributed by atoms with Crippen LogP contribution in [0.15, 0.2) is 77.0 Å². The average Bonchev–Trinajstić information content (AvgIpc) is 3.18. The Morgan fingerprint density at radius 1 is 0.963 bits per heavy atom. The summed E-state index contributed by atoms with van der Waals surface area (Å²) in [5, 5.41) is 2.77. The third kappa shape index (κ3) is 4.82. The number of aryl methyl sites for hydroxylation is 1. The second-order valence-electron chi connectivity index (χ2n) is 5.89. The van der Waals surface area contributed by atoms with Crippen molar-refractivity contribution in [1.29, 1.82) is 0 Å². The molecule has 1 amide bonds. The maximum Gasteiger partial charge on any atom is 0.251 e. The molecule has 0 spiro atoms. The first-order valence-corrected chi connectivity index (χ1v) is 10.8. The molecule has 0 saturated heterocycles. The Bertz CT molecular complexity index is 1000. The van der Waals surface area contributed by atoms with Gasteiger partial charge in [-0.3, -0.25) is 4.79 Å². The Morgan fingerprint density at radius 3 is 2.19 bits per heavy atom. The van der Waals surface area contributed by atoms with E-state index in [9.17, 15) is 13.2 Å². The van der Waals surface area contributed by atoms with E-state index < -0.39 is 22.0 Å². The van der Waals surface area contributed by atoms with E-state index in [-0.39, 0.29) is 4.21 Å². The lowest BCUT2D eigenvalue weighted by Gasteiger charge is -2.18. The van der Waals surface area contributed by atoms with Crippen molar-refractivity contribution in [3.8, 4) is 0 Å². The van der Waals surface area contributed by atoms with Gasteiger partial charge in [0.15, 0.2) is 0 Å². The van der Waals surface area contributed by atoms with Crippen LogP contribution in [-0.2, 0) is 21.2 Å². The molecule has 1 heterocycles. The molecular weight excluding hydrogens is 380 g/mol. The lowest BCUT2D eigenvalue weighted by molar-refractivity contribution is -0.117. The monoisotopic (exact) mass is 400 g/mol. The number of rotatable bonds is 7. The maximum atomic E-state index is 12.8. The van der Waals surface area contributed by atoms with Crippen LogP contribution in [0, 0.1) is 0 Å². The fraction of sp³-hybridized carbons (Fsp3) is 0.150. The molecule has 0 saturated carbocycles. The van der Waals surface area contributed by atoms with Gasteiger partial charge in [-0.2, -0.15) is 4.72 Å². The fourth-order valence-electron chi connectivity index (χ4n) is 2.56. The van der Waals surface area contributed by atoms with E-state index in [1.165, 1.54) is 11.3 Å². The van der Waals surface area contributed by atoms with Gasteiger partial charge in [0.2, 0.25) is 5.91 Å². The molecule has 140 valence electrons. The molecule has 7 heteroatoms. The Balaban J connectivity index is 1.89. The van der Waals surface area contributed by atoms with Gasteiger partial charge in [-0.1, -0.05) is 55.5 Å². The first kappa shape index (κ1) is 19.3. The summed E-state index contributed by atoms with van der Waals surface area (Å²) >= 11 is 1.21. The molecule has 3 rings (SSSR count). The van der Waals surface area contributed by atoms with E-state index in [1.807, 2.05) is 19.1 Å². The van der Waals surface area contributed by atoms with Crippen molar-refractivity contribution in [1.82, 2.24) is 4.72 Å². The number of benzene rings is 2. The first-order valence-electron chi connectivity index (χ1n) is 8.51. The highest BCUT2D eigenvalue weighted by Crippen LogP contribution is 2.25. The summed E-state index contributed by atoms with van der Waals surface area (Å²) in [7, 11) is -3.83. The number of sulfonamides is 1. The van der Waals surface area contributed by atoms with E-state index in [1.54, 1.807) is 60.7 Å². The molecule has 2 N–H and O–H groups in total. The van der Waals surface area contributed by atoms with Gasteiger partial charge in [0.1, 0.15) is 10.3 Å². The highest BCUT2D eigenvalue weighted by atomic mass is 32.2. The van der Waals surface area contributed by atoms with Gasteiger partial charge in [-0.25, -0.2) is 8.42 Å². The number of thiophene rings is 1. The van der Waals surface area contributed by atoms with E-state index in [4.69, 9.17) is 0 Å². The van der Waals surface area contributed by atoms with Crippen LogP contribution in [0.25, 0.3) is 0 Å². The molecule has 1 unspecified atom stereocenters. The van der Waals surface area contributed by atoms with E-state index in [0.717, 1.165) is 11.3 Å². The number of nitrogens with one attached hydrogen (secondary N) is 2. The molecule has 27 heavy (non-hydrogen) atoms. The number of anilines is 1. The summed E-state index contributed by atoms with van der Waals surface area (Å²) in [5.41, 5.74) is 1.17. The van der Waals surface area contributed by atoms with Crippen molar-refractivity contribution in [2.45, 2.75) is 23.6 Å². The molecule has 0 radical (unpaired) electrons. The average molecular weight is 401 g/mol. The minimum atomic E-state index is -3.83. The van der Waals surface area contributed by atoms with Crippen molar-refractivity contribution < 1.29 is 13.2 Å². The van der Waals surface area contributed by atoms with Crippen LogP contribution in [0.5, 0.6) is 0 Å². The number of para-hydroxylation sites is 1. The van der Waals surface area contributed by atoms with Crippen LogP contribution in [0.2, 0.25) is 0 Å². The van der Waals surface area contributed by atoms with Crippen LogP contribution in [0.1, 0.15) is 23.4 Å². The normalized spacial score (nSPS) is 12.5. The molecule has 0 fully saturated rings. The summed E-state index contributed by atoms with van der Waals surface area (Å²) in [6.45, 7) is 1.97. The van der Waals surface area contributed by atoms with Crippen molar-refractivity contribution in [2.24, 2.45) is 0 Å². The molecule has 2 aromatic carbocycles. The van der Waals surface area contributed by atoms with Crippen LogP contribution in [0.4, 0.5) is 5.69 Å². The Hall–Kier alpha value is -2.48. The zero-order valence-electron chi connectivity index (χ0n) is 14.8. The van der Waals surface area contributed by atoms with E-state index in [0.29, 0.717) is 11.3 Å². The van der Waals surface area contributed by atoms with Gasteiger partial charge < -0.3 is 5.32 Å². The number of carbonyl (C=O) groups is 1. The number of carbonyl (C=O) groups excluding carboxylic acids is 1. The van der Waals surface area contributed by atoms with Crippen LogP contribution in [0.3, 0.4) is 0 Å². The number of hydrogen-bond donors (Lipinski definition) is 2. The molecule has 0 aliphatic heterocycles. The Morgan fingerprint density at radius 2 is 1.59 bits per heavy atom. The lowest BCUT2D eigenvalue weighted by Crippen LogP contribution is -2.36. The quantitative estimate of drug-likeness (QED) is 0.630. The minimum absolute atomic E-state index is 0.202. The van der Waals surface area contributed by atoms with Crippen molar-refractivity contribution in [2.75, 3.05) is 5.32 Å². The van der Waals surface area contributed by atoms with Crippen molar-refractivity contribution in [3.05, 3.63) is 83.2 Å². The zero-order chi connectivity index (χ0) is 19.3. The predicted octanol–water partition coefficient (Wildman–Crippen LogP) is 3.97. The summed E-state index contributed by atoms with van der Waals surface area (Å²) in [6, 6.07) is 20.1. The topological polar surface area (TPSA) is 75.3 Å². The van der Waals surface area contributed by atoms with Gasteiger partial charge in [-0.05, 0) is 36.2 Å². The molecular formula is C20H20N2O3S2. The van der Waals surface area contributed by atoms with E-state index >= 15 is 0 Å². The van der Waals surface area contributed by atoms with Crippen molar-refractivity contribution >= 4 is 33.0 Å². The van der Waals surface area contributed by atoms with Crippen molar-refractivity contribution in [3.63, 3.8) is 0 Å². The van der Waals surface area contributed by atoms with Crippen LogP contribution < -0.4 is 10.0 Å². The number of hydrogen-bond acceptors (Lipinski definition) is 4. The lowest BCUT2D eigenvalue weighted by atomic mass is 10.1. The van der Waals surface area contributed by atoms with E-state index in [2.05, 4.69) is 10.0 Å². The molecule has 3 aromatic rings. The first-order chi connectivity index (χ1) is 13.0. The molecule has 0 aliphatic carbocycles. The third-order valence-corrected chi connectivity index (χ3v) is 7.10. The summed E-state index contributed by atoms with van der Waals surface area (Å²) < 4.78 is 28.4. The molecule has 1 aromatic heterocycles. The maximum absolute atomic E-state index is 12.8. The number of amides is 1. The van der Waals surface area contributed by atoms with Gasteiger partial charge in [0.25, 0.3) is 10.0 Å². The van der Waals surface area contributed by atoms with Crippen LogP contribution >= 0.6 is 11.3 Å². The predicted molar refractivity (Wildman–Crippen MR) is 108 cm³/mol. The molecule has 1 atom stereocenters. The standard InChI is InChI=1S/C20H20N2O3S2/c1-2-17-13-14-18(26-17)27(24,25)22-19(15-9-5-3-6-10-15)20(23)21-16-11-7-4-8-12-16/h3-14,19,22H,2H2,1H3,(H,21,23). The van der Waals surface area contributed by atoms with Gasteiger partial charge in [-0.15, -0.1) is 11.3 Å². The molecule has 5 nitrogen and oxygen atoms in total. The smallest absolute Gasteiger partial charge is 0.251 e. The third-order valence-electron chi connectivity index (χ3n) is 3.96. The minimum Gasteiger partial charge on any atom is -0.324 e. The summed E-state index contributed by atoms with van der Waals surface area (Å²) in [5.74, 6) is -0.441. The summed E-state index contributed by atoms with van der Waals surface area (Å²) in [6.07, 6.45) is 0.761. The van der Waals surface area contributed by atoms with Gasteiger partial charge in [0.05, 0.1) is 0 Å². The highest BCUT2D eigenvalue weighted by Gasteiger charge is 2.28. The van der Waals surface area contributed by atoms with Gasteiger partial charge in [0, 0.05) is 10.6 Å². The van der Waals surface area contributed by atoms with Crippen LogP contribution in [-0.4, -0.2) is 14.3 Å². The second kappa shape index (κ2) is 8.47. The SMILES string of the molecule is CCc1ccc(S(=O)(=O)NC(C(=O)Nc2ccccc2)c2ccccc2)s1. The molecule has 0 aliphatic rings. The molecule has 0 bridgehead atoms. The largest absolute Gasteiger partial charge is 0.324 e. The zero-order valence-corrected chi connectivity index (χ0v) is 16.4. The highest BCUT2D eigenvalue weighted by molar-refractivity contribution is 7.91. The Labute approximate surface area is 163 Å². The second-order valence-corrected chi connectivity index (χ2v) is 9.00. The van der Waals surface area contributed by atoms with Gasteiger partial charge >= 0.3 is 0 Å². The summed E-state index contributed by atoms with van der Waals surface area (Å²) in [4.78, 5) is 13.8.